The summed E-state index contributed by atoms with van der Waals surface area (Å²) in [4.78, 5) is 9.24. The van der Waals surface area contributed by atoms with Crippen LogP contribution in [0.25, 0.3) is 5.69 Å². The van der Waals surface area contributed by atoms with Gasteiger partial charge in [0.25, 0.3) is 0 Å². The summed E-state index contributed by atoms with van der Waals surface area (Å²) in [5, 5.41) is 7.78. The first kappa shape index (κ1) is 23.1. The number of methoxy groups -OCH3 is 1. The number of ether oxygens (including phenoxy) is 1. The number of benzene rings is 1. The quantitative estimate of drug-likeness (QED) is 0.588. The van der Waals surface area contributed by atoms with Gasteiger partial charge in [-0.2, -0.15) is 5.10 Å². The normalized spacial score (nSPS) is 17.6. The highest BCUT2D eigenvalue weighted by molar-refractivity contribution is 5.85. The van der Waals surface area contributed by atoms with E-state index in [4.69, 9.17) is 10.5 Å². The Morgan fingerprint density at radius 1 is 1.17 bits per heavy atom. The molecule has 156 valence electrons. The van der Waals surface area contributed by atoms with Crippen LogP contribution < -0.4 is 11.1 Å². The lowest BCUT2D eigenvalue weighted by molar-refractivity contribution is 0.177. The fourth-order valence-electron chi connectivity index (χ4n) is 3.40. The maximum atomic E-state index is 5.95. The van der Waals surface area contributed by atoms with E-state index < -0.39 is 0 Å². The fraction of sp³-hybridized carbons (Fsp3) is 0.350. The lowest BCUT2D eigenvalue weighted by Crippen LogP contribution is -2.35. The van der Waals surface area contributed by atoms with Gasteiger partial charge in [0.2, 0.25) is 0 Å². The lowest BCUT2D eigenvalue weighted by atomic mass is 9.78. The fourth-order valence-corrected chi connectivity index (χ4v) is 3.40. The molecule has 4 rings (SSSR count). The first-order valence-electron chi connectivity index (χ1n) is 9.17. The monoisotopic (exact) mass is 436 g/mol. The smallest absolute Gasteiger partial charge is 0.156 e. The molecule has 3 aromatic rings. The number of rotatable bonds is 7. The predicted molar refractivity (Wildman–Crippen MR) is 118 cm³/mol. The van der Waals surface area contributed by atoms with Crippen LogP contribution in [-0.4, -0.2) is 32.9 Å². The zero-order chi connectivity index (χ0) is 18.6. The maximum absolute atomic E-state index is 5.95. The van der Waals surface area contributed by atoms with Gasteiger partial charge >= 0.3 is 0 Å². The van der Waals surface area contributed by atoms with Crippen molar-refractivity contribution in [2.45, 2.75) is 38.0 Å². The lowest BCUT2D eigenvalue weighted by Gasteiger charge is -2.32. The van der Waals surface area contributed by atoms with E-state index in [2.05, 4.69) is 32.5 Å². The minimum atomic E-state index is 0. The number of anilines is 1. The first-order chi connectivity index (χ1) is 13.2. The SMILES string of the molecule is COCc1nc(NCc2ccccc2-n2cccn2)cc(C2CC(N)C2)n1.Cl.Cl. The highest BCUT2D eigenvalue weighted by Gasteiger charge is 2.29. The number of nitrogens with zero attached hydrogens (tertiary/aromatic N) is 4. The third-order valence-electron chi connectivity index (χ3n) is 4.86. The second kappa shape index (κ2) is 10.5. The van der Waals surface area contributed by atoms with Gasteiger partial charge in [0.1, 0.15) is 12.4 Å². The van der Waals surface area contributed by atoms with Gasteiger partial charge in [-0.05, 0) is 30.5 Å². The molecular weight excluding hydrogens is 411 g/mol. The van der Waals surface area contributed by atoms with E-state index >= 15 is 0 Å². The van der Waals surface area contributed by atoms with Crippen LogP contribution in [0.2, 0.25) is 0 Å². The Morgan fingerprint density at radius 2 is 1.97 bits per heavy atom. The number of halogens is 2. The van der Waals surface area contributed by atoms with Crippen LogP contribution in [0.15, 0.2) is 48.8 Å². The summed E-state index contributed by atoms with van der Waals surface area (Å²) in [6.07, 6.45) is 5.68. The van der Waals surface area contributed by atoms with Gasteiger partial charge in [0, 0.05) is 49.8 Å². The zero-order valence-electron chi connectivity index (χ0n) is 16.2. The zero-order valence-corrected chi connectivity index (χ0v) is 17.8. The van der Waals surface area contributed by atoms with Crippen LogP contribution in [0.5, 0.6) is 0 Å². The van der Waals surface area contributed by atoms with E-state index in [1.54, 1.807) is 13.3 Å². The van der Waals surface area contributed by atoms with Gasteiger partial charge in [-0.15, -0.1) is 24.8 Å². The van der Waals surface area contributed by atoms with Crippen LogP contribution >= 0.6 is 24.8 Å². The number of hydrogen-bond acceptors (Lipinski definition) is 6. The molecule has 0 spiro atoms. The molecule has 1 aliphatic rings. The minimum Gasteiger partial charge on any atom is -0.377 e. The van der Waals surface area contributed by atoms with Crippen molar-refractivity contribution in [3.05, 3.63) is 65.9 Å². The van der Waals surface area contributed by atoms with Crippen molar-refractivity contribution in [2.24, 2.45) is 5.73 Å². The van der Waals surface area contributed by atoms with Crippen molar-refractivity contribution in [1.82, 2.24) is 19.7 Å². The molecule has 29 heavy (non-hydrogen) atoms. The van der Waals surface area contributed by atoms with Crippen molar-refractivity contribution < 1.29 is 4.74 Å². The molecule has 1 aliphatic carbocycles. The van der Waals surface area contributed by atoms with Crippen molar-refractivity contribution in [3.8, 4) is 5.69 Å². The number of nitrogens with one attached hydrogen (secondary N) is 1. The van der Waals surface area contributed by atoms with E-state index in [1.165, 1.54) is 0 Å². The number of para-hydroxylation sites is 1. The molecule has 0 unspecified atom stereocenters. The second-order valence-electron chi connectivity index (χ2n) is 6.89. The Balaban J connectivity index is 0.00000150. The summed E-state index contributed by atoms with van der Waals surface area (Å²) in [5.74, 6) is 1.91. The maximum Gasteiger partial charge on any atom is 0.156 e. The Bertz CT molecular complexity index is 900. The van der Waals surface area contributed by atoms with Gasteiger partial charge in [0.05, 0.1) is 5.69 Å². The van der Waals surface area contributed by atoms with E-state index in [0.29, 0.717) is 24.9 Å². The predicted octanol–water partition coefficient (Wildman–Crippen LogP) is 3.47. The Morgan fingerprint density at radius 3 is 2.66 bits per heavy atom. The van der Waals surface area contributed by atoms with Crippen LogP contribution in [0, 0.1) is 0 Å². The first-order valence-corrected chi connectivity index (χ1v) is 9.17. The van der Waals surface area contributed by atoms with E-state index in [9.17, 15) is 0 Å². The molecule has 2 heterocycles. The molecule has 0 atom stereocenters. The third-order valence-corrected chi connectivity index (χ3v) is 4.86. The van der Waals surface area contributed by atoms with Gasteiger partial charge < -0.3 is 15.8 Å². The molecule has 9 heteroatoms. The largest absolute Gasteiger partial charge is 0.377 e. The molecular formula is C20H26Cl2N6O. The van der Waals surface area contributed by atoms with Gasteiger partial charge in [-0.3, -0.25) is 0 Å². The highest BCUT2D eigenvalue weighted by atomic mass is 35.5. The molecule has 0 bridgehead atoms. The van der Waals surface area contributed by atoms with Crippen LogP contribution in [0.3, 0.4) is 0 Å². The molecule has 1 fully saturated rings. The molecule has 0 saturated heterocycles. The standard InChI is InChI=1S/C20H24N6O.2ClH/c1-27-13-20-24-17(15-9-16(21)10-15)11-19(25-20)22-12-14-5-2-3-6-18(14)26-8-4-7-23-26;;/h2-8,11,15-16H,9-10,12-13,21H2,1H3,(H,22,24,25);2*1H. The van der Waals surface area contributed by atoms with Crippen molar-refractivity contribution in [3.63, 3.8) is 0 Å². The molecule has 7 nitrogen and oxygen atoms in total. The summed E-state index contributed by atoms with van der Waals surface area (Å²) in [7, 11) is 1.66. The number of aromatic nitrogens is 4. The van der Waals surface area contributed by atoms with Gasteiger partial charge in [0.15, 0.2) is 5.82 Å². The number of nitrogens with two attached hydrogens (primary N) is 1. The highest BCUT2D eigenvalue weighted by Crippen LogP contribution is 2.35. The second-order valence-corrected chi connectivity index (χ2v) is 6.89. The summed E-state index contributed by atoms with van der Waals surface area (Å²) in [6.45, 7) is 1.04. The van der Waals surface area contributed by atoms with Crippen molar-refractivity contribution in [2.75, 3.05) is 12.4 Å². The van der Waals surface area contributed by atoms with E-state index in [-0.39, 0.29) is 30.9 Å². The molecule has 2 aromatic heterocycles. The average molecular weight is 437 g/mol. The summed E-state index contributed by atoms with van der Waals surface area (Å²) < 4.78 is 7.10. The van der Waals surface area contributed by atoms with Crippen LogP contribution in [0.1, 0.15) is 35.8 Å². The van der Waals surface area contributed by atoms with Crippen LogP contribution in [-0.2, 0) is 17.9 Å². The summed E-state index contributed by atoms with van der Waals surface area (Å²) in [5.41, 5.74) is 9.18. The Kier molecular flexibility index (Phi) is 8.40. The summed E-state index contributed by atoms with van der Waals surface area (Å²) in [6, 6.07) is 12.4. The van der Waals surface area contributed by atoms with Gasteiger partial charge in [-0.25, -0.2) is 14.6 Å². The molecule has 0 amide bonds. The number of hydrogen-bond donors (Lipinski definition) is 2. The third kappa shape index (κ3) is 5.45. The van der Waals surface area contributed by atoms with Crippen molar-refractivity contribution >= 4 is 30.6 Å². The molecule has 1 aromatic carbocycles. The van der Waals surface area contributed by atoms with E-state index in [0.717, 1.165) is 35.6 Å². The molecule has 0 aliphatic heterocycles. The molecule has 0 radical (unpaired) electrons. The van der Waals surface area contributed by atoms with Crippen molar-refractivity contribution in [1.29, 1.82) is 0 Å². The molecule has 3 N–H and O–H groups in total. The Hall–Kier alpha value is -2.19. The topological polar surface area (TPSA) is 90.9 Å². The van der Waals surface area contributed by atoms with E-state index in [1.807, 2.05) is 35.1 Å². The summed E-state index contributed by atoms with van der Waals surface area (Å²) >= 11 is 0. The van der Waals surface area contributed by atoms with Crippen LogP contribution in [0.4, 0.5) is 5.82 Å². The minimum absolute atomic E-state index is 0. The van der Waals surface area contributed by atoms with Gasteiger partial charge in [-0.1, -0.05) is 18.2 Å². The average Bonchev–Trinajstić information content (AvgIpc) is 3.19. The molecule has 1 saturated carbocycles. The Labute approximate surface area is 182 Å².